The predicted molar refractivity (Wildman–Crippen MR) is 175 cm³/mol. The number of rotatable bonds is 7. The summed E-state index contributed by atoms with van der Waals surface area (Å²) in [5.74, 6) is -1.04. The molecule has 1 aromatic carbocycles. The highest BCUT2D eigenvalue weighted by Gasteiger charge is 2.64. The number of ketones is 1. The first kappa shape index (κ1) is 31.2. The molecule has 49 heavy (non-hydrogen) atoms. The van der Waals surface area contributed by atoms with E-state index in [-0.39, 0.29) is 41.4 Å². The van der Waals surface area contributed by atoms with Crippen LogP contribution in [0, 0.1) is 19.3 Å². The van der Waals surface area contributed by atoms with Gasteiger partial charge in [-0.2, -0.15) is 18.3 Å². The van der Waals surface area contributed by atoms with Gasteiger partial charge in [-0.05, 0) is 92.7 Å². The first-order valence-corrected chi connectivity index (χ1v) is 16.4. The SMILES string of the molecule is CC(=O)c1cn(CC(=O)N2C3C[C@]3(C)C[C@H]2C(=O)Nc2nc(C(F)(F)F)ccc2C2CC2)c2c(C)cc(-c3cnc4cc(C)nn4c3)cc12. The number of aryl methyl sites for hydroxylation is 2. The van der Waals surface area contributed by atoms with Crippen LogP contribution in [-0.2, 0) is 22.3 Å². The highest BCUT2D eigenvalue weighted by molar-refractivity contribution is 6.09. The van der Waals surface area contributed by atoms with E-state index in [1.54, 1.807) is 26.4 Å². The Morgan fingerprint density at radius 1 is 1.04 bits per heavy atom. The second kappa shape index (κ2) is 10.7. The van der Waals surface area contributed by atoms with E-state index in [2.05, 4.69) is 20.4 Å². The number of piperidine rings is 1. The molecule has 0 bridgehead atoms. The zero-order valence-electron chi connectivity index (χ0n) is 27.4. The minimum Gasteiger partial charge on any atom is -0.337 e. The second-order valence-electron chi connectivity index (χ2n) is 14.1. The van der Waals surface area contributed by atoms with Gasteiger partial charge in [0.15, 0.2) is 11.4 Å². The zero-order chi connectivity index (χ0) is 34.6. The van der Waals surface area contributed by atoms with Crippen LogP contribution in [0.1, 0.15) is 78.3 Å². The van der Waals surface area contributed by atoms with E-state index in [1.165, 1.54) is 13.0 Å². The molecule has 8 rings (SSSR count). The first-order chi connectivity index (χ1) is 23.2. The van der Waals surface area contributed by atoms with Crippen molar-refractivity contribution in [3.63, 3.8) is 0 Å². The molecule has 0 radical (unpaired) electrons. The summed E-state index contributed by atoms with van der Waals surface area (Å²) in [6.07, 6.45) is 3.44. The van der Waals surface area contributed by atoms with E-state index in [0.29, 0.717) is 22.9 Å². The third-order valence-electron chi connectivity index (χ3n) is 10.3. The summed E-state index contributed by atoms with van der Waals surface area (Å²) < 4.78 is 44.1. The first-order valence-electron chi connectivity index (χ1n) is 16.4. The van der Waals surface area contributed by atoms with Gasteiger partial charge in [0.2, 0.25) is 11.8 Å². The number of alkyl halides is 3. The number of anilines is 1. The number of carbonyl (C=O) groups excluding carboxylic acids is 3. The van der Waals surface area contributed by atoms with E-state index < -0.39 is 23.8 Å². The van der Waals surface area contributed by atoms with Crippen molar-refractivity contribution in [1.82, 2.24) is 29.0 Å². The van der Waals surface area contributed by atoms with Crippen molar-refractivity contribution >= 4 is 40.0 Å². The van der Waals surface area contributed by atoms with E-state index in [1.807, 2.05) is 45.2 Å². The van der Waals surface area contributed by atoms with E-state index in [4.69, 9.17) is 0 Å². The van der Waals surface area contributed by atoms with Gasteiger partial charge in [0.1, 0.15) is 24.1 Å². The molecule has 1 unspecified atom stereocenters. The van der Waals surface area contributed by atoms with E-state index in [0.717, 1.165) is 58.9 Å². The molecule has 3 aliphatic rings. The molecule has 10 nitrogen and oxygen atoms in total. The Balaban J connectivity index is 1.10. The summed E-state index contributed by atoms with van der Waals surface area (Å²) in [4.78, 5) is 50.7. The van der Waals surface area contributed by atoms with Crippen molar-refractivity contribution in [3.05, 3.63) is 77.0 Å². The molecule has 5 aromatic rings. The molecular formula is C36H34F3N7O3. The fraction of sp³-hybridized carbons (Fsp3) is 0.389. The third-order valence-corrected chi connectivity index (χ3v) is 10.3. The molecule has 252 valence electrons. The molecule has 13 heteroatoms. The lowest BCUT2D eigenvalue weighted by Crippen LogP contribution is -2.46. The minimum atomic E-state index is -4.66. The molecule has 3 fully saturated rings. The van der Waals surface area contributed by atoms with Crippen LogP contribution < -0.4 is 5.32 Å². The van der Waals surface area contributed by atoms with Crippen molar-refractivity contribution in [2.45, 2.75) is 84.1 Å². The molecule has 1 N–H and O–H groups in total. The van der Waals surface area contributed by atoms with E-state index >= 15 is 0 Å². The molecule has 4 aromatic heterocycles. The molecule has 0 spiro atoms. The van der Waals surface area contributed by atoms with Crippen LogP contribution in [0.4, 0.5) is 19.0 Å². The fourth-order valence-electron chi connectivity index (χ4n) is 7.61. The molecule has 2 amide bonds. The van der Waals surface area contributed by atoms with Crippen LogP contribution in [0.3, 0.4) is 0 Å². The monoisotopic (exact) mass is 669 g/mol. The number of fused-ring (bicyclic) bond motifs is 3. The van der Waals surface area contributed by atoms with Crippen LogP contribution in [0.25, 0.3) is 27.7 Å². The Morgan fingerprint density at radius 2 is 1.82 bits per heavy atom. The number of Topliss-reactive ketones (excluding diaryl/α,β-unsaturated/α-hetero) is 1. The lowest BCUT2D eigenvalue weighted by molar-refractivity contribution is -0.141. The van der Waals surface area contributed by atoms with Gasteiger partial charge in [-0.1, -0.05) is 13.0 Å². The van der Waals surface area contributed by atoms with Crippen molar-refractivity contribution < 1.29 is 27.6 Å². The van der Waals surface area contributed by atoms with Crippen molar-refractivity contribution in [2.24, 2.45) is 5.41 Å². The highest BCUT2D eigenvalue weighted by atomic mass is 19.4. The number of nitrogens with zero attached hydrogens (tertiary/aromatic N) is 6. The number of hydrogen-bond acceptors (Lipinski definition) is 6. The maximum absolute atomic E-state index is 14.1. The number of hydrogen-bond donors (Lipinski definition) is 1. The van der Waals surface area contributed by atoms with Crippen LogP contribution in [-0.4, -0.2) is 58.7 Å². The lowest BCUT2D eigenvalue weighted by atomic mass is 10.0. The molecular weight excluding hydrogens is 635 g/mol. The van der Waals surface area contributed by atoms with Gasteiger partial charge < -0.3 is 14.8 Å². The summed E-state index contributed by atoms with van der Waals surface area (Å²) in [6.45, 7) is 7.20. The Morgan fingerprint density at radius 3 is 2.53 bits per heavy atom. The van der Waals surface area contributed by atoms with Gasteiger partial charge in [0.05, 0.1) is 11.2 Å². The number of nitrogens with one attached hydrogen (secondary N) is 1. The topological polar surface area (TPSA) is 114 Å². The number of halogens is 3. The number of amides is 2. The number of aromatic nitrogens is 5. The van der Waals surface area contributed by atoms with Crippen molar-refractivity contribution in [2.75, 3.05) is 5.32 Å². The third kappa shape index (κ3) is 5.35. The van der Waals surface area contributed by atoms with E-state index in [9.17, 15) is 27.6 Å². The largest absolute Gasteiger partial charge is 0.433 e. The fourth-order valence-corrected chi connectivity index (χ4v) is 7.61. The van der Waals surface area contributed by atoms with Gasteiger partial charge >= 0.3 is 6.18 Å². The van der Waals surface area contributed by atoms with Crippen molar-refractivity contribution in [3.8, 4) is 11.1 Å². The summed E-state index contributed by atoms with van der Waals surface area (Å²) in [5, 5.41) is 7.84. The molecule has 5 heterocycles. The Kier molecular flexibility index (Phi) is 6.83. The maximum atomic E-state index is 14.1. The quantitative estimate of drug-likeness (QED) is 0.199. The molecule has 2 saturated carbocycles. The van der Waals surface area contributed by atoms with Gasteiger partial charge in [-0.3, -0.25) is 14.4 Å². The number of pyridine rings is 1. The average Bonchev–Trinajstić information content (AvgIpc) is 3.87. The van der Waals surface area contributed by atoms with Gasteiger partial charge in [-0.25, -0.2) is 14.5 Å². The average molecular weight is 670 g/mol. The summed E-state index contributed by atoms with van der Waals surface area (Å²) in [7, 11) is 0. The smallest absolute Gasteiger partial charge is 0.337 e. The van der Waals surface area contributed by atoms with Crippen LogP contribution >= 0.6 is 0 Å². The van der Waals surface area contributed by atoms with Gasteiger partial charge in [-0.15, -0.1) is 0 Å². The highest BCUT2D eigenvalue weighted by Crippen LogP contribution is 2.59. The van der Waals surface area contributed by atoms with Crippen LogP contribution in [0.2, 0.25) is 0 Å². The number of carbonyl (C=O) groups is 3. The normalized spacial score (nSPS) is 21.7. The predicted octanol–water partition coefficient (Wildman–Crippen LogP) is 6.48. The molecule has 1 aliphatic heterocycles. The van der Waals surface area contributed by atoms with Gasteiger partial charge in [0, 0.05) is 47.2 Å². The minimum absolute atomic E-state index is 0.0486. The molecule has 1 saturated heterocycles. The number of benzene rings is 1. The summed E-state index contributed by atoms with van der Waals surface area (Å²) in [5.41, 5.74) is 4.52. The van der Waals surface area contributed by atoms with Gasteiger partial charge in [0.25, 0.3) is 0 Å². The second-order valence-corrected chi connectivity index (χ2v) is 14.1. The molecule has 2 aliphatic carbocycles. The van der Waals surface area contributed by atoms with Crippen LogP contribution in [0.5, 0.6) is 0 Å². The Labute approximate surface area is 279 Å². The standard InChI is InChI=1S/C36H34F3N7O3/c1-18-9-22(23-14-40-30-10-19(2)43-45(30)15-23)11-25-26(20(3)47)16-44(32(18)25)17-31(48)46-27(12-35(4)13-29(35)46)34(49)42-33-24(21-5-6-21)7-8-28(41-33)36(37,38)39/h7-11,14-16,21,27,29H,5-6,12-13,17H2,1-4H3,(H,41,42,49)/t27-,29?,35-/m0/s1. The number of likely N-dealkylation sites (tertiary alicyclic amines) is 1. The Hall–Kier alpha value is -5.07. The summed E-state index contributed by atoms with van der Waals surface area (Å²) in [6, 6.07) is 7.10. The van der Waals surface area contributed by atoms with Crippen molar-refractivity contribution in [1.29, 1.82) is 0 Å². The lowest BCUT2D eigenvalue weighted by Gasteiger charge is -2.27. The maximum Gasteiger partial charge on any atom is 0.433 e. The summed E-state index contributed by atoms with van der Waals surface area (Å²) >= 11 is 0. The molecule has 3 atom stereocenters. The van der Waals surface area contributed by atoms with Crippen LogP contribution in [0.15, 0.2) is 48.9 Å². The zero-order valence-corrected chi connectivity index (χ0v) is 27.4. The Bertz CT molecular complexity index is 2230.